The number of hydrogen-bond acceptors (Lipinski definition) is 3. The minimum Gasteiger partial charge on any atom is -0.378 e. The number of rotatable bonds is 2. The van der Waals surface area contributed by atoms with E-state index >= 15 is 0 Å². The van der Waals surface area contributed by atoms with Gasteiger partial charge in [-0.15, -0.1) is 0 Å². The number of piperazine rings is 1. The molecule has 1 amide bonds. The van der Waals surface area contributed by atoms with E-state index in [9.17, 15) is 4.79 Å². The van der Waals surface area contributed by atoms with Gasteiger partial charge in [-0.3, -0.25) is 4.79 Å². The molecular weight excluding hydrogens is 202 g/mol. The molecule has 1 aromatic carbocycles. The Morgan fingerprint density at radius 2 is 1.88 bits per heavy atom. The lowest BCUT2D eigenvalue weighted by molar-refractivity contribution is -0.124. The van der Waals surface area contributed by atoms with Crippen LogP contribution < -0.4 is 15.5 Å². The van der Waals surface area contributed by atoms with Crippen LogP contribution in [0.5, 0.6) is 0 Å². The zero-order valence-electron chi connectivity index (χ0n) is 9.66. The summed E-state index contributed by atoms with van der Waals surface area (Å²) in [5.74, 6) is 0.0591. The second kappa shape index (κ2) is 4.53. The van der Waals surface area contributed by atoms with Crippen molar-refractivity contribution >= 4 is 11.6 Å². The molecule has 1 unspecified atom stereocenters. The fourth-order valence-electron chi connectivity index (χ4n) is 1.83. The van der Waals surface area contributed by atoms with Crippen molar-refractivity contribution in [3.63, 3.8) is 0 Å². The average Bonchev–Trinajstić information content (AvgIpc) is 2.30. The molecule has 0 aliphatic carbocycles. The highest BCUT2D eigenvalue weighted by molar-refractivity contribution is 5.84. The third kappa shape index (κ3) is 2.17. The van der Waals surface area contributed by atoms with Gasteiger partial charge in [0.05, 0.1) is 0 Å². The maximum atomic E-state index is 11.6. The van der Waals surface area contributed by atoms with Gasteiger partial charge in [-0.05, 0) is 17.7 Å². The van der Waals surface area contributed by atoms with Gasteiger partial charge in [0.25, 0.3) is 0 Å². The van der Waals surface area contributed by atoms with Gasteiger partial charge in [0.1, 0.15) is 6.04 Å². The van der Waals surface area contributed by atoms with Gasteiger partial charge < -0.3 is 15.5 Å². The summed E-state index contributed by atoms with van der Waals surface area (Å²) in [5, 5.41) is 6.06. The van der Waals surface area contributed by atoms with Gasteiger partial charge >= 0.3 is 0 Å². The summed E-state index contributed by atoms with van der Waals surface area (Å²) in [5.41, 5.74) is 2.16. The Balaban J connectivity index is 2.17. The topological polar surface area (TPSA) is 44.4 Å². The van der Waals surface area contributed by atoms with E-state index in [2.05, 4.69) is 10.6 Å². The van der Waals surface area contributed by atoms with Crippen molar-refractivity contribution in [3.05, 3.63) is 29.8 Å². The normalized spacial score (nSPS) is 20.4. The van der Waals surface area contributed by atoms with Gasteiger partial charge in [0.15, 0.2) is 0 Å². The van der Waals surface area contributed by atoms with Crippen LogP contribution in [0.4, 0.5) is 5.69 Å². The average molecular weight is 219 g/mol. The highest BCUT2D eigenvalue weighted by Crippen LogP contribution is 2.18. The number of hydrogen-bond donors (Lipinski definition) is 2. The maximum absolute atomic E-state index is 11.6. The van der Waals surface area contributed by atoms with Gasteiger partial charge in [0, 0.05) is 32.9 Å². The monoisotopic (exact) mass is 219 g/mol. The first-order chi connectivity index (χ1) is 7.68. The van der Waals surface area contributed by atoms with Crippen molar-refractivity contribution in [2.24, 2.45) is 0 Å². The van der Waals surface area contributed by atoms with E-state index in [1.54, 1.807) is 0 Å². The Morgan fingerprint density at radius 3 is 2.44 bits per heavy atom. The molecule has 1 fully saturated rings. The summed E-state index contributed by atoms with van der Waals surface area (Å²) in [4.78, 5) is 13.7. The molecule has 86 valence electrons. The predicted molar refractivity (Wildman–Crippen MR) is 64.5 cm³/mol. The van der Waals surface area contributed by atoms with Crippen LogP contribution in [0.25, 0.3) is 0 Å². The van der Waals surface area contributed by atoms with E-state index in [4.69, 9.17) is 0 Å². The molecule has 1 heterocycles. The highest BCUT2D eigenvalue weighted by atomic mass is 16.2. The summed E-state index contributed by atoms with van der Waals surface area (Å²) >= 11 is 0. The summed E-state index contributed by atoms with van der Waals surface area (Å²) in [6.07, 6.45) is 0. The van der Waals surface area contributed by atoms with E-state index in [0.29, 0.717) is 6.54 Å². The van der Waals surface area contributed by atoms with E-state index in [1.165, 1.54) is 0 Å². The van der Waals surface area contributed by atoms with Gasteiger partial charge in [-0.2, -0.15) is 0 Å². The molecule has 0 spiro atoms. The molecule has 2 rings (SSSR count). The van der Waals surface area contributed by atoms with Gasteiger partial charge in [-0.25, -0.2) is 0 Å². The van der Waals surface area contributed by atoms with E-state index in [1.807, 2.05) is 43.3 Å². The molecule has 1 aliphatic rings. The van der Waals surface area contributed by atoms with Crippen LogP contribution in [0.1, 0.15) is 11.6 Å². The Morgan fingerprint density at radius 1 is 1.19 bits per heavy atom. The van der Waals surface area contributed by atoms with Crippen LogP contribution in [-0.2, 0) is 4.79 Å². The number of anilines is 1. The first kappa shape index (κ1) is 11.0. The second-order valence-corrected chi connectivity index (χ2v) is 4.16. The van der Waals surface area contributed by atoms with Crippen molar-refractivity contribution in [2.75, 3.05) is 32.1 Å². The summed E-state index contributed by atoms with van der Waals surface area (Å²) in [6, 6.07) is 7.85. The quantitative estimate of drug-likeness (QED) is 0.762. The highest BCUT2D eigenvalue weighted by Gasteiger charge is 2.22. The number of nitrogens with zero attached hydrogens (tertiary/aromatic N) is 1. The van der Waals surface area contributed by atoms with Crippen LogP contribution in [0.15, 0.2) is 24.3 Å². The van der Waals surface area contributed by atoms with Crippen LogP contribution in [0, 0.1) is 0 Å². The first-order valence-corrected chi connectivity index (χ1v) is 5.47. The molecular formula is C12H17N3O. The molecule has 0 aromatic heterocycles. The number of carbonyl (C=O) groups is 1. The molecule has 1 aliphatic heterocycles. The number of benzene rings is 1. The van der Waals surface area contributed by atoms with Crippen molar-refractivity contribution < 1.29 is 4.79 Å². The molecule has 1 saturated heterocycles. The molecule has 2 N–H and O–H groups in total. The third-order valence-corrected chi connectivity index (χ3v) is 2.78. The molecule has 1 atom stereocenters. The van der Waals surface area contributed by atoms with Crippen LogP contribution in [0.3, 0.4) is 0 Å². The Labute approximate surface area is 95.6 Å². The third-order valence-electron chi connectivity index (χ3n) is 2.78. The van der Waals surface area contributed by atoms with E-state index < -0.39 is 0 Å². The van der Waals surface area contributed by atoms with Gasteiger partial charge in [-0.1, -0.05) is 12.1 Å². The number of carbonyl (C=O) groups excluding carboxylic acids is 1. The van der Waals surface area contributed by atoms with Crippen molar-refractivity contribution in [1.82, 2.24) is 10.6 Å². The smallest absolute Gasteiger partial charge is 0.241 e. The lowest BCUT2D eigenvalue weighted by Crippen LogP contribution is -2.47. The Hall–Kier alpha value is -1.55. The Bertz CT molecular complexity index is 372. The molecule has 0 radical (unpaired) electrons. The molecule has 0 bridgehead atoms. The van der Waals surface area contributed by atoms with Crippen molar-refractivity contribution in [2.45, 2.75) is 6.04 Å². The van der Waals surface area contributed by atoms with Crippen molar-refractivity contribution in [1.29, 1.82) is 0 Å². The molecule has 4 nitrogen and oxygen atoms in total. The molecule has 0 saturated carbocycles. The summed E-state index contributed by atoms with van der Waals surface area (Å²) in [7, 11) is 4.00. The lowest BCUT2D eigenvalue weighted by atomic mass is 10.0. The van der Waals surface area contributed by atoms with Gasteiger partial charge in [0.2, 0.25) is 5.91 Å². The number of amides is 1. The zero-order chi connectivity index (χ0) is 11.5. The van der Waals surface area contributed by atoms with Crippen LogP contribution in [0.2, 0.25) is 0 Å². The molecule has 1 aromatic rings. The minimum absolute atomic E-state index is 0.0591. The lowest BCUT2D eigenvalue weighted by Gasteiger charge is -2.24. The van der Waals surface area contributed by atoms with Crippen LogP contribution >= 0.6 is 0 Å². The fraction of sp³-hybridized carbons (Fsp3) is 0.417. The van der Waals surface area contributed by atoms with E-state index in [0.717, 1.165) is 17.8 Å². The largest absolute Gasteiger partial charge is 0.378 e. The van der Waals surface area contributed by atoms with Crippen LogP contribution in [-0.4, -0.2) is 33.1 Å². The fourth-order valence-corrected chi connectivity index (χ4v) is 1.83. The number of nitrogens with one attached hydrogen (secondary N) is 2. The second-order valence-electron chi connectivity index (χ2n) is 4.16. The predicted octanol–water partition coefficient (Wildman–Crippen LogP) is 0.513. The zero-order valence-corrected chi connectivity index (χ0v) is 9.66. The maximum Gasteiger partial charge on any atom is 0.241 e. The molecule has 16 heavy (non-hydrogen) atoms. The SMILES string of the molecule is CN(C)c1ccc(C2NCCNC2=O)cc1. The minimum atomic E-state index is -0.204. The van der Waals surface area contributed by atoms with E-state index in [-0.39, 0.29) is 11.9 Å². The molecule has 4 heteroatoms. The summed E-state index contributed by atoms with van der Waals surface area (Å²) in [6.45, 7) is 1.54. The summed E-state index contributed by atoms with van der Waals surface area (Å²) < 4.78 is 0. The Kier molecular flexibility index (Phi) is 3.10. The first-order valence-electron chi connectivity index (χ1n) is 5.47. The standard InChI is InChI=1S/C12H17N3O/c1-15(2)10-5-3-9(4-6-10)11-12(16)14-8-7-13-11/h3-6,11,13H,7-8H2,1-2H3,(H,14,16). The van der Waals surface area contributed by atoms with Crippen molar-refractivity contribution in [3.8, 4) is 0 Å².